The molecule has 0 bridgehead atoms. The maximum Gasteiger partial charge on any atom is 0.242 e. The highest BCUT2D eigenvalue weighted by Crippen LogP contribution is 2.36. The van der Waals surface area contributed by atoms with Crippen molar-refractivity contribution < 1.29 is 24.6 Å². The third kappa shape index (κ3) is 11.3. The van der Waals surface area contributed by atoms with Crippen molar-refractivity contribution in [3.8, 4) is 0 Å². The summed E-state index contributed by atoms with van der Waals surface area (Å²) in [4.78, 5) is 38.4. The van der Waals surface area contributed by atoms with Crippen LogP contribution in [0.2, 0.25) is 0 Å². The summed E-state index contributed by atoms with van der Waals surface area (Å²) in [5, 5.41) is 29.9. The molecule has 0 spiro atoms. The molecule has 39 heavy (non-hydrogen) atoms. The average molecular weight is 545 g/mol. The van der Waals surface area contributed by atoms with E-state index >= 15 is 0 Å². The minimum atomic E-state index is -1.00. The van der Waals surface area contributed by atoms with Crippen LogP contribution in [0.25, 0.3) is 0 Å². The third-order valence-electron chi connectivity index (χ3n) is 7.73. The van der Waals surface area contributed by atoms with Gasteiger partial charge in [-0.2, -0.15) is 0 Å². The van der Waals surface area contributed by atoms with Crippen molar-refractivity contribution in [3.05, 3.63) is 35.9 Å². The number of nitrogens with two attached hydrogens (primary N) is 1. The van der Waals surface area contributed by atoms with Crippen molar-refractivity contribution >= 4 is 17.7 Å². The lowest BCUT2D eigenvalue weighted by atomic mass is 9.82. The second-order valence-corrected chi connectivity index (χ2v) is 12.2. The number of amides is 3. The Labute approximate surface area is 232 Å². The number of carbonyl (C=O) groups is 3. The van der Waals surface area contributed by atoms with E-state index in [4.69, 9.17) is 5.73 Å². The Morgan fingerprint density at radius 3 is 2.26 bits per heavy atom. The maximum atomic E-state index is 13.0. The molecule has 0 saturated heterocycles. The Morgan fingerprint density at radius 2 is 1.64 bits per heavy atom. The zero-order valence-electron chi connectivity index (χ0n) is 23.5. The summed E-state index contributed by atoms with van der Waals surface area (Å²) in [7, 11) is 0. The van der Waals surface area contributed by atoms with Crippen molar-refractivity contribution in [2.75, 3.05) is 6.54 Å². The fourth-order valence-electron chi connectivity index (χ4n) is 5.44. The monoisotopic (exact) mass is 544 g/mol. The molecule has 0 heterocycles. The van der Waals surface area contributed by atoms with E-state index in [1.807, 2.05) is 30.3 Å². The number of rotatable bonds is 15. The van der Waals surface area contributed by atoms with Crippen LogP contribution in [-0.4, -0.2) is 64.3 Å². The number of carbonyl (C=O) groups excluding carboxylic acids is 3. The molecular weight excluding hydrogens is 496 g/mol. The van der Waals surface area contributed by atoms with Crippen LogP contribution >= 0.6 is 0 Å². The number of hydrogen-bond donors (Lipinski definition) is 6. The number of benzene rings is 1. The second kappa shape index (κ2) is 14.8. The van der Waals surface area contributed by atoms with Crippen LogP contribution in [0.5, 0.6) is 0 Å². The van der Waals surface area contributed by atoms with Crippen LogP contribution in [0.1, 0.15) is 83.6 Å². The highest BCUT2D eigenvalue weighted by Gasteiger charge is 2.39. The van der Waals surface area contributed by atoms with E-state index in [9.17, 15) is 24.6 Å². The SMILES string of the molecule is CC(C)(N)CC(=O)N[C@@H](Cc1ccccc1)C(=O)NCCC(=O)N[C@@H](CC1CCCCC1)[C@@H](O)[C@@H](O)C1CC1. The largest absolute Gasteiger partial charge is 0.390 e. The van der Waals surface area contributed by atoms with E-state index in [2.05, 4.69) is 16.0 Å². The third-order valence-corrected chi connectivity index (χ3v) is 7.73. The fourth-order valence-corrected chi connectivity index (χ4v) is 5.44. The van der Waals surface area contributed by atoms with Gasteiger partial charge >= 0.3 is 0 Å². The van der Waals surface area contributed by atoms with E-state index < -0.39 is 29.8 Å². The van der Waals surface area contributed by atoms with Crippen LogP contribution in [0.15, 0.2) is 30.3 Å². The van der Waals surface area contributed by atoms with Crippen LogP contribution in [0.3, 0.4) is 0 Å². The summed E-state index contributed by atoms with van der Waals surface area (Å²) < 4.78 is 0. The molecule has 1 aromatic carbocycles. The maximum absolute atomic E-state index is 13.0. The molecule has 3 rings (SSSR count). The summed E-state index contributed by atoms with van der Waals surface area (Å²) >= 11 is 0. The molecule has 9 nitrogen and oxygen atoms in total. The van der Waals surface area contributed by atoms with Gasteiger partial charge in [-0.3, -0.25) is 14.4 Å². The molecule has 3 amide bonds. The van der Waals surface area contributed by atoms with Gasteiger partial charge in [0.1, 0.15) is 12.1 Å². The van der Waals surface area contributed by atoms with Gasteiger partial charge in [0.15, 0.2) is 0 Å². The first-order chi connectivity index (χ1) is 18.5. The smallest absolute Gasteiger partial charge is 0.242 e. The standard InChI is InChI=1S/C30H48N4O5/c1-30(2,31)19-26(36)34-24(18-21-11-7-4-8-12-21)29(39)32-16-15-25(35)33-23(17-20-9-5-3-6-10-20)28(38)27(37)22-13-14-22/h4,7-8,11-12,20,22-24,27-28,37-38H,3,5-6,9-10,13-19,31H2,1-2H3,(H,32,39)(H,33,35)(H,34,36)/t23-,24-,27-,28+/m0/s1. The van der Waals surface area contributed by atoms with E-state index in [0.717, 1.165) is 44.1 Å². The molecule has 2 fully saturated rings. The van der Waals surface area contributed by atoms with Gasteiger partial charge in [0.25, 0.3) is 0 Å². The first-order valence-corrected chi connectivity index (χ1v) is 14.6. The highest BCUT2D eigenvalue weighted by atomic mass is 16.3. The lowest BCUT2D eigenvalue weighted by Crippen LogP contribution is -2.52. The summed E-state index contributed by atoms with van der Waals surface area (Å²) in [6, 6.07) is 8.09. The first kappa shape index (κ1) is 31.0. The van der Waals surface area contributed by atoms with Crippen LogP contribution in [0, 0.1) is 11.8 Å². The topological polar surface area (TPSA) is 154 Å². The van der Waals surface area contributed by atoms with Crippen molar-refractivity contribution in [3.63, 3.8) is 0 Å². The molecule has 7 N–H and O–H groups in total. The van der Waals surface area contributed by atoms with Gasteiger partial charge in [-0.25, -0.2) is 0 Å². The highest BCUT2D eigenvalue weighted by molar-refractivity contribution is 5.88. The minimum absolute atomic E-state index is 0.0288. The van der Waals surface area contributed by atoms with E-state index in [-0.39, 0.29) is 43.0 Å². The number of aliphatic hydroxyl groups excluding tert-OH is 2. The zero-order chi connectivity index (χ0) is 28.4. The van der Waals surface area contributed by atoms with Gasteiger partial charge in [0.2, 0.25) is 17.7 Å². The lowest BCUT2D eigenvalue weighted by molar-refractivity contribution is -0.129. The van der Waals surface area contributed by atoms with Gasteiger partial charge in [-0.15, -0.1) is 0 Å². The number of aliphatic hydroxyl groups is 2. The van der Waals surface area contributed by atoms with Crippen molar-refractivity contribution in [2.24, 2.45) is 17.6 Å². The Morgan fingerprint density at radius 1 is 0.974 bits per heavy atom. The molecule has 1 aromatic rings. The van der Waals surface area contributed by atoms with Crippen molar-refractivity contribution in [2.45, 2.75) is 114 Å². The van der Waals surface area contributed by atoms with Gasteiger partial charge in [-0.1, -0.05) is 62.4 Å². The minimum Gasteiger partial charge on any atom is -0.390 e. The molecule has 0 aliphatic heterocycles. The van der Waals surface area contributed by atoms with Crippen LogP contribution < -0.4 is 21.7 Å². The molecule has 0 radical (unpaired) electrons. The summed E-state index contributed by atoms with van der Waals surface area (Å²) in [6.07, 6.45) is 6.70. The fraction of sp³-hybridized carbons (Fsp3) is 0.700. The summed E-state index contributed by atoms with van der Waals surface area (Å²) in [5.74, 6) is -0.452. The summed E-state index contributed by atoms with van der Waals surface area (Å²) in [6.45, 7) is 3.59. The zero-order valence-corrected chi connectivity index (χ0v) is 23.5. The molecule has 0 unspecified atom stereocenters. The van der Waals surface area contributed by atoms with Gasteiger partial charge < -0.3 is 31.9 Å². The molecule has 2 aliphatic rings. The molecule has 2 saturated carbocycles. The molecule has 2 aliphatic carbocycles. The quantitative estimate of drug-likeness (QED) is 0.198. The predicted molar refractivity (Wildman–Crippen MR) is 150 cm³/mol. The molecular formula is C30H48N4O5. The molecule has 218 valence electrons. The number of hydrogen-bond acceptors (Lipinski definition) is 6. The van der Waals surface area contributed by atoms with Crippen LogP contribution in [0.4, 0.5) is 0 Å². The molecule has 4 atom stereocenters. The second-order valence-electron chi connectivity index (χ2n) is 12.2. The lowest BCUT2D eigenvalue weighted by Gasteiger charge is -2.32. The Hall–Kier alpha value is -2.49. The Balaban J connectivity index is 1.54. The van der Waals surface area contributed by atoms with Crippen LogP contribution in [-0.2, 0) is 20.8 Å². The van der Waals surface area contributed by atoms with Gasteiger partial charge in [0.05, 0.1) is 12.1 Å². The molecule has 9 heteroatoms. The van der Waals surface area contributed by atoms with E-state index in [1.54, 1.807) is 13.8 Å². The summed E-state index contributed by atoms with van der Waals surface area (Å²) in [5.41, 5.74) is 6.17. The van der Waals surface area contributed by atoms with E-state index in [1.165, 1.54) is 6.42 Å². The Bertz CT molecular complexity index is 925. The number of nitrogens with one attached hydrogen (secondary N) is 3. The van der Waals surface area contributed by atoms with Crippen molar-refractivity contribution in [1.82, 2.24) is 16.0 Å². The average Bonchev–Trinajstić information content (AvgIpc) is 3.73. The Kier molecular flexibility index (Phi) is 11.8. The normalized spacial score (nSPS) is 19.4. The first-order valence-electron chi connectivity index (χ1n) is 14.6. The van der Waals surface area contributed by atoms with E-state index in [0.29, 0.717) is 18.8 Å². The van der Waals surface area contributed by atoms with Gasteiger partial charge in [0, 0.05) is 31.3 Å². The van der Waals surface area contributed by atoms with Gasteiger partial charge in [-0.05, 0) is 50.5 Å². The molecule has 0 aromatic heterocycles. The van der Waals surface area contributed by atoms with Crippen molar-refractivity contribution in [1.29, 1.82) is 0 Å². The predicted octanol–water partition coefficient (Wildman–Crippen LogP) is 1.93.